The average molecular weight is 275 g/mol. The monoisotopic (exact) mass is 275 g/mol. The summed E-state index contributed by atoms with van der Waals surface area (Å²) >= 11 is 0. The van der Waals surface area contributed by atoms with Crippen molar-refractivity contribution in [2.45, 2.75) is 6.61 Å². The van der Waals surface area contributed by atoms with Gasteiger partial charge in [0.25, 0.3) is 0 Å². The first-order valence-corrected chi connectivity index (χ1v) is 6.79. The highest BCUT2D eigenvalue weighted by molar-refractivity contribution is 5.79. The van der Waals surface area contributed by atoms with Crippen molar-refractivity contribution in [3.63, 3.8) is 0 Å². The van der Waals surface area contributed by atoms with Gasteiger partial charge in [-0.25, -0.2) is 4.98 Å². The van der Waals surface area contributed by atoms with Crippen LogP contribution in [0.25, 0.3) is 21.8 Å². The largest absolute Gasteiger partial charge is 0.487 e. The van der Waals surface area contributed by atoms with E-state index in [1.54, 1.807) is 6.20 Å². The van der Waals surface area contributed by atoms with E-state index in [1.165, 1.54) is 0 Å². The van der Waals surface area contributed by atoms with Crippen molar-refractivity contribution in [1.29, 1.82) is 0 Å². The average Bonchev–Trinajstić information content (AvgIpc) is 3.00. The van der Waals surface area contributed by atoms with Gasteiger partial charge in [0.2, 0.25) is 0 Å². The normalized spacial score (nSPS) is 11.0. The Balaban J connectivity index is 1.56. The Morgan fingerprint density at radius 3 is 2.90 bits per heavy atom. The summed E-state index contributed by atoms with van der Waals surface area (Å²) in [4.78, 5) is 4.60. The number of para-hydroxylation sites is 1. The van der Waals surface area contributed by atoms with E-state index in [1.807, 2.05) is 42.5 Å². The van der Waals surface area contributed by atoms with E-state index >= 15 is 0 Å². The summed E-state index contributed by atoms with van der Waals surface area (Å²) in [6.07, 6.45) is 1.79. The van der Waals surface area contributed by atoms with Gasteiger partial charge in [-0.05, 0) is 30.3 Å². The molecule has 2 heterocycles. The molecule has 0 radical (unpaired) electrons. The summed E-state index contributed by atoms with van der Waals surface area (Å²) in [7, 11) is 0. The quantitative estimate of drug-likeness (QED) is 0.620. The second kappa shape index (κ2) is 4.90. The van der Waals surface area contributed by atoms with Gasteiger partial charge >= 0.3 is 0 Å². The van der Waals surface area contributed by atoms with Crippen molar-refractivity contribution in [3.8, 4) is 5.75 Å². The van der Waals surface area contributed by atoms with E-state index < -0.39 is 0 Å². The highest BCUT2D eigenvalue weighted by Gasteiger charge is 2.02. The SMILES string of the molecule is c1ccc2nc(COc3ccc4[nH]ncc4c3)ccc2c1. The van der Waals surface area contributed by atoms with E-state index in [9.17, 15) is 0 Å². The number of fused-ring (bicyclic) bond motifs is 2. The number of aromatic amines is 1. The Labute approximate surface area is 121 Å². The van der Waals surface area contributed by atoms with Crippen molar-refractivity contribution in [2.24, 2.45) is 0 Å². The Kier molecular flexibility index (Phi) is 2.78. The standard InChI is InChI=1S/C17H13N3O/c1-2-4-16-12(3-1)5-6-14(19-16)11-21-15-7-8-17-13(9-15)10-18-20-17/h1-10H,11H2,(H,18,20). The molecule has 0 saturated carbocycles. The van der Waals surface area contributed by atoms with E-state index in [4.69, 9.17) is 4.74 Å². The van der Waals surface area contributed by atoms with Crippen LogP contribution >= 0.6 is 0 Å². The van der Waals surface area contributed by atoms with Crippen LogP contribution in [-0.4, -0.2) is 15.2 Å². The van der Waals surface area contributed by atoms with Crippen molar-refractivity contribution >= 4 is 21.8 Å². The Bertz CT molecular complexity index is 914. The van der Waals surface area contributed by atoms with Crippen LogP contribution in [-0.2, 0) is 6.61 Å². The van der Waals surface area contributed by atoms with Crippen molar-refractivity contribution < 1.29 is 4.74 Å². The molecular weight excluding hydrogens is 262 g/mol. The number of hydrogen-bond acceptors (Lipinski definition) is 3. The lowest BCUT2D eigenvalue weighted by molar-refractivity contribution is 0.302. The molecule has 4 aromatic rings. The molecule has 0 aliphatic rings. The molecule has 0 saturated heterocycles. The lowest BCUT2D eigenvalue weighted by atomic mass is 10.2. The summed E-state index contributed by atoms with van der Waals surface area (Å²) in [6.45, 7) is 0.453. The maximum Gasteiger partial charge on any atom is 0.130 e. The smallest absolute Gasteiger partial charge is 0.130 e. The van der Waals surface area contributed by atoms with E-state index in [-0.39, 0.29) is 0 Å². The molecule has 2 aromatic heterocycles. The van der Waals surface area contributed by atoms with Gasteiger partial charge < -0.3 is 4.74 Å². The zero-order chi connectivity index (χ0) is 14.1. The van der Waals surface area contributed by atoms with Crippen molar-refractivity contribution in [1.82, 2.24) is 15.2 Å². The van der Waals surface area contributed by atoms with E-state index in [0.717, 1.165) is 33.2 Å². The van der Waals surface area contributed by atoms with Gasteiger partial charge in [-0.2, -0.15) is 5.10 Å². The third-order valence-corrected chi connectivity index (χ3v) is 3.45. The fourth-order valence-corrected chi connectivity index (χ4v) is 2.36. The molecule has 102 valence electrons. The molecule has 4 heteroatoms. The zero-order valence-corrected chi connectivity index (χ0v) is 11.3. The van der Waals surface area contributed by atoms with Gasteiger partial charge in [-0.3, -0.25) is 5.10 Å². The van der Waals surface area contributed by atoms with Crippen LogP contribution in [0.5, 0.6) is 5.75 Å². The molecule has 0 aliphatic heterocycles. The van der Waals surface area contributed by atoms with Crippen LogP contribution in [0.1, 0.15) is 5.69 Å². The molecular formula is C17H13N3O. The van der Waals surface area contributed by atoms with E-state index in [2.05, 4.69) is 27.3 Å². The third-order valence-electron chi connectivity index (χ3n) is 3.45. The Morgan fingerprint density at radius 2 is 1.90 bits per heavy atom. The summed E-state index contributed by atoms with van der Waals surface area (Å²) in [6, 6.07) is 18.0. The molecule has 0 spiro atoms. The zero-order valence-electron chi connectivity index (χ0n) is 11.3. The van der Waals surface area contributed by atoms with Crippen LogP contribution in [0, 0.1) is 0 Å². The van der Waals surface area contributed by atoms with Gasteiger partial charge in [0.15, 0.2) is 0 Å². The highest BCUT2D eigenvalue weighted by atomic mass is 16.5. The van der Waals surface area contributed by atoms with Crippen LogP contribution < -0.4 is 4.74 Å². The minimum atomic E-state index is 0.453. The predicted octanol–water partition coefficient (Wildman–Crippen LogP) is 3.69. The minimum Gasteiger partial charge on any atom is -0.487 e. The predicted molar refractivity (Wildman–Crippen MR) is 82.2 cm³/mol. The molecule has 0 atom stereocenters. The van der Waals surface area contributed by atoms with Gasteiger partial charge in [0, 0.05) is 10.8 Å². The second-order valence-corrected chi connectivity index (χ2v) is 4.90. The summed E-state index contributed by atoms with van der Waals surface area (Å²) in [5, 5.41) is 9.11. The summed E-state index contributed by atoms with van der Waals surface area (Å²) in [5.74, 6) is 0.818. The fourth-order valence-electron chi connectivity index (χ4n) is 2.36. The molecule has 4 nitrogen and oxygen atoms in total. The molecule has 21 heavy (non-hydrogen) atoms. The first-order valence-electron chi connectivity index (χ1n) is 6.79. The third kappa shape index (κ3) is 2.31. The first-order chi connectivity index (χ1) is 10.4. The number of nitrogens with one attached hydrogen (secondary N) is 1. The van der Waals surface area contributed by atoms with Crippen LogP contribution in [0.15, 0.2) is 60.8 Å². The minimum absolute atomic E-state index is 0.453. The number of nitrogens with zero attached hydrogens (tertiary/aromatic N) is 2. The van der Waals surface area contributed by atoms with Crippen LogP contribution in [0.3, 0.4) is 0 Å². The van der Waals surface area contributed by atoms with Gasteiger partial charge in [-0.15, -0.1) is 0 Å². The summed E-state index contributed by atoms with van der Waals surface area (Å²) in [5.41, 5.74) is 2.91. The topological polar surface area (TPSA) is 50.8 Å². The van der Waals surface area contributed by atoms with Crippen molar-refractivity contribution in [3.05, 3.63) is 66.5 Å². The molecule has 2 aromatic carbocycles. The van der Waals surface area contributed by atoms with Crippen LogP contribution in [0.4, 0.5) is 0 Å². The maximum atomic E-state index is 5.81. The number of aromatic nitrogens is 3. The highest BCUT2D eigenvalue weighted by Crippen LogP contribution is 2.20. The number of H-pyrrole nitrogens is 1. The molecule has 1 N–H and O–H groups in total. The second-order valence-electron chi connectivity index (χ2n) is 4.90. The Morgan fingerprint density at radius 1 is 0.952 bits per heavy atom. The molecule has 0 bridgehead atoms. The lowest BCUT2D eigenvalue weighted by Gasteiger charge is -2.06. The van der Waals surface area contributed by atoms with Crippen LogP contribution in [0.2, 0.25) is 0 Å². The Hall–Kier alpha value is -2.88. The number of ether oxygens (including phenoxy) is 1. The molecule has 0 amide bonds. The van der Waals surface area contributed by atoms with Gasteiger partial charge in [0.1, 0.15) is 12.4 Å². The molecule has 0 unspecified atom stereocenters. The molecule has 0 aliphatic carbocycles. The van der Waals surface area contributed by atoms with Gasteiger partial charge in [0.05, 0.1) is 22.9 Å². The van der Waals surface area contributed by atoms with Crippen molar-refractivity contribution in [2.75, 3.05) is 0 Å². The number of hydrogen-bond donors (Lipinski definition) is 1. The number of pyridine rings is 1. The van der Waals surface area contributed by atoms with Gasteiger partial charge in [-0.1, -0.05) is 24.3 Å². The molecule has 4 rings (SSSR count). The molecule has 0 fully saturated rings. The lowest BCUT2D eigenvalue weighted by Crippen LogP contribution is -1.98. The van der Waals surface area contributed by atoms with E-state index in [0.29, 0.717) is 6.61 Å². The number of benzene rings is 2. The summed E-state index contributed by atoms with van der Waals surface area (Å²) < 4.78 is 5.81. The fraction of sp³-hybridized carbons (Fsp3) is 0.0588. The first kappa shape index (κ1) is 11.9. The maximum absolute atomic E-state index is 5.81. The number of rotatable bonds is 3.